The van der Waals surface area contributed by atoms with Crippen LogP contribution in [0.25, 0.3) is 22.1 Å². The molecule has 0 spiro atoms. The summed E-state index contributed by atoms with van der Waals surface area (Å²) in [4.78, 5) is 24.4. The Bertz CT molecular complexity index is 1130. The molecule has 3 aromatic heterocycles. The van der Waals surface area contributed by atoms with Crippen molar-refractivity contribution in [2.24, 2.45) is 0 Å². The number of carbonyl (C=O) groups is 1. The predicted octanol–water partition coefficient (Wildman–Crippen LogP) is 3.99. The van der Waals surface area contributed by atoms with Gasteiger partial charge in [0.25, 0.3) is 0 Å². The Kier molecular flexibility index (Phi) is 4.56. The molecule has 2 N–H and O–H groups in total. The highest BCUT2D eigenvalue weighted by Crippen LogP contribution is 2.27. The second kappa shape index (κ2) is 6.90. The first-order valence-corrected chi connectivity index (χ1v) is 10.3. The number of rotatable bonds is 4. The molecule has 0 aliphatic heterocycles. The Labute approximate surface area is 164 Å². The molecular formula is C18H18N6OS2. The zero-order valence-electron chi connectivity index (χ0n) is 15.1. The first-order chi connectivity index (χ1) is 12.9. The molecule has 0 aliphatic rings. The van der Waals surface area contributed by atoms with Crippen molar-refractivity contribution >= 4 is 56.2 Å². The van der Waals surface area contributed by atoms with Crippen LogP contribution in [0.1, 0.15) is 26.5 Å². The normalized spacial score (nSPS) is 12.0. The molecule has 1 aromatic carbocycles. The third kappa shape index (κ3) is 3.79. The Morgan fingerprint density at radius 2 is 2.04 bits per heavy atom. The molecule has 0 saturated heterocycles. The number of nitrogens with zero attached hydrogens (tertiary/aromatic N) is 4. The number of hydrogen-bond acceptors (Lipinski definition) is 7. The van der Waals surface area contributed by atoms with Crippen LogP contribution in [0.4, 0.5) is 5.13 Å². The van der Waals surface area contributed by atoms with Gasteiger partial charge in [-0.25, -0.2) is 9.97 Å². The van der Waals surface area contributed by atoms with Crippen LogP contribution in [0.3, 0.4) is 0 Å². The highest BCUT2D eigenvalue weighted by atomic mass is 32.2. The Morgan fingerprint density at radius 3 is 2.81 bits per heavy atom. The van der Waals surface area contributed by atoms with Gasteiger partial charge in [0.2, 0.25) is 11.1 Å². The van der Waals surface area contributed by atoms with Crippen molar-refractivity contribution < 1.29 is 4.79 Å². The van der Waals surface area contributed by atoms with E-state index in [1.54, 1.807) is 0 Å². The van der Waals surface area contributed by atoms with E-state index in [2.05, 4.69) is 51.2 Å². The number of thioether (sulfide) groups is 1. The number of aromatic amines is 1. The summed E-state index contributed by atoms with van der Waals surface area (Å²) in [5, 5.41) is 15.2. The molecule has 27 heavy (non-hydrogen) atoms. The van der Waals surface area contributed by atoms with Crippen molar-refractivity contribution in [2.75, 3.05) is 11.1 Å². The molecule has 7 nitrogen and oxygen atoms in total. The lowest BCUT2D eigenvalue weighted by Crippen LogP contribution is -2.15. The summed E-state index contributed by atoms with van der Waals surface area (Å²) in [6, 6.07) is 7.85. The number of para-hydroxylation sites is 1. The summed E-state index contributed by atoms with van der Waals surface area (Å²) in [6.07, 6.45) is 0. The van der Waals surface area contributed by atoms with Gasteiger partial charge in [-0.05, 0) is 6.07 Å². The van der Waals surface area contributed by atoms with Crippen molar-refractivity contribution in [3.8, 4) is 0 Å². The third-order valence-electron chi connectivity index (χ3n) is 3.95. The van der Waals surface area contributed by atoms with E-state index in [0.717, 1.165) is 22.1 Å². The zero-order chi connectivity index (χ0) is 19.0. The number of benzene rings is 1. The lowest BCUT2D eigenvalue weighted by Gasteiger charge is -2.14. The van der Waals surface area contributed by atoms with Crippen LogP contribution in [-0.4, -0.2) is 36.8 Å². The molecule has 0 fully saturated rings. The quantitative estimate of drug-likeness (QED) is 0.505. The molecule has 138 valence electrons. The second-order valence-electron chi connectivity index (χ2n) is 7.09. The van der Waals surface area contributed by atoms with Crippen molar-refractivity contribution in [2.45, 2.75) is 31.3 Å². The van der Waals surface area contributed by atoms with Crippen molar-refractivity contribution in [3.05, 3.63) is 35.3 Å². The Balaban J connectivity index is 1.42. The number of nitrogens with one attached hydrogen (secondary N) is 2. The van der Waals surface area contributed by atoms with E-state index in [-0.39, 0.29) is 17.1 Å². The number of H-pyrrole nitrogens is 1. The smallest absolute Gasteiger partial charge is 0.236 e. The minimum Gasteiger partial charge on any atom is -0.338 e. The third-order valence-corrected chi connectivity index (χ3v) is 5.55. The molecule has 3 heterocycles. The molecule has 0 saturated carbocycles. The number of aromatic nitrogens is 5. The predicted molar refractivity (Wildman–Crippen MR) is 109 cm³/mol. The molecular weight excluding hydrogens is 380 g/mol. The fourth-order valence-corrected chi connectivity index (χ4v) is 4.07. The molecule has 0 bridgehead atoms. The molecule has 0 unspecified atom stereocenters. The van der Waals surface area contributed by atoms with E-state index in [1.807, 2.05) is 29.6 Å². The standard InChI is InChI=1S/C18H18N6OS2/c1-18(2,3)12-8-26-16(20-12)21-13(25)9-27-17-22-15-14(23-24-17)10-6-4-5-7-11(10)19-15/h4-8H,9H2,1-3H3,(H,19,22,24)(H,20,21,25). The SMILES string of the molecule is CC(C)(C)c1csc(NC(=O)CSc2nnc3c(n2)[nH]c2ccccc23)n1. The topological polar surface area (TPSA) is 96.5 Å². The number of thiazole rings is 1. The van der Waals surface area contributed by atoms with Crippen LogP contribution >= 0.6 is 23.1 Å². The number of amides is 1. The summed E-state index contributed by atoms with van der Waals surface area (Å²) in [6.45, 7) is 6.27. The average molecular weight is 399 g/mol. The maximum Gasteiger partial charge on any atom is 0.236 e. The average Bonchev–Trinajstić information content (AvgIpc) is 3.23. The summed E-state index contributed by atoms with van der Waals surface area (Å²) in [5.41, 5.74) is 3.29. The van der Waals surface area contributed by atoms with Crippen LogP contribution in [0.2, 0.25) is 0 Å². The van der Waals surface area contributed by atoms with Crippen molar-refractivity contribution in [1.82, 2.24) is 25.1 Å². The van der Waals surface area contributed by atoms with Gasteiger partial charge in [0, 0.05) is 21.7 Å². The van der Waals surface area contributed by atoms with Gasteiger partial charge in [-0.3, -0.25) is 4.79 Å². The van der Waals surface area contributed by atoms with E-state index in [9.17, 15) is 4.79 Å². The first kappa shape index (κ1) is 17.9. The Morgan fingerprint density at radius 1 is 1.22 bits per heavy atom. The van der Waals surface area contributed by atoms with Gasteiger partial charge < -0.3 is 10.3 Å². The number of carbonyl (C=O) groups excluding carboxylic acids is 1. The lowest BCUT2D eigenvalue weighted by molar-refractivity contribution is -0.113. The summed E-state index contributed by atoms with van der Waals surface area (Å²) in [7, 11) is 0. The van der Waals surface area contributed by atoms with Gasteiger partial charge in [-0.2, -0.15) is 0 Å². The molecule has 0 atom stereocenters. The largest absolute Gasteiger partial charge is 0.338 e. The fourth-order valence-electron chi connectivity index (χ4n) is 2.53. The van der Waals surface area contributed by atoms with E-state index in [1.165, 1.54) is 23.1 Å². The summed E-state index contributed by atoms with van der Waals surface area (Å²) in [5.74, 6) is 0.0489. The molecule has 0 radical (unpaired) electrons. The van der Waals surface area contributed by atoms with E-state index in [4.69, 9.17) is 0 Å². The summed E-state index contributed by atoms with van der Waals surface area (Å²) >= 11 is 2.67. The van der Waals surface area contributed by atoms with Crippen molar-refractivity contribution in [3.63, 3.8) is 0 Å². The van der Waals surface area contributed by atoms with Crippen LogP contribution < -0.4 is 5.32 Å². The van der Waals surface area contributed by atoms with Gasteiger partial charge in [0.1, 0.15) is 5.52 Å². The number of anilines is 1. The van der Waals surface area contributed by atoms with Gasteiger partial charge in [0.15, 0.2) is 10.8 Å². The van der Waals surface area contributed by atoms with Crippen LogP contribution in [0.5, 0.6) is 0 Å². The van der Waals surface area contributed by atoms with Crippen molar-refractivity contribution in [1.29, 1.82) is 0 Å². The number of fused-ring (bicyclic) bond motifs is 3. The second-order valence-corrected chi connectivity index (χ2v) is 8.89. The van der Waals surface area contributed by atoms with Gasteiger partial charge in [-0.15, -0.1) is 21.5 Å². The van der Waals surface area contributed by atoms with E-state index >= 15 is 0 Å². The Hall–Kier alpha value is -2.52. The maximum absolute atomic E-state index is 12.2. The first-order valence-electron chi connectivity index (χ1n) is 8.40. The minimum absolute atomic E-state index is 0.0390. The maximum atomic E-state index is 12.2. The molecule has 0 aliphatic carbocycles. The van der Waals surface area contributed by atoms with Crippen LogP contribution in [-0.2, 0) is 10.2 Å². The highest BCUT2D eigenvalue weighted by molar-refractivity contribution is 7.99. The summed E-state index contributed by atoms with van der Waals surface area (Å²) < 4.78 is 0. The van der Waals surface area contributed by atoms with Crippen LogP contribution in [0, 0.1) is 0 Å². The molecule has 4 rings (SSSR count). The molecule has 9 heteroatoms. The number of hydrogen-bond donors (Lipinski definition) is 2. The van der Waals surface area contributed by atoms with E-state index in [0.29, 0.717) is 15.9 Å². The minimum atomic E-state index is -0.143. The zero-order valence-corrected chi connectivity index (χ0v) is 16.7. The van der Waals surface area contributed by atoms with Gasteiger partial charge >= 0.3 is 0 Å². The van der Waals surface area contributed by atoms with Crippen LogP contribution in [0.15, 0.2) is 34.8 Å². The highest BCUT2D eigenvalue weighted by Gasteiger charge is 2.18. The monoisotopic (exact) mass is 398 g/mol. The molecule has 1 amide bonds. The van der Waals surface area contributed by atoms with E-state index < -0.39 is 0 Å². The van der Waals surface area contributed by atoms with Gasteiger partial charge in [0.05, 0.1) is 11.4 Å². The fraction of sp³-hybridized carbons (Fsp3) is 0.278. The lowest BCUT2D eigenvalue weighted by atomic mass is 9.93. The van der Waals surface area contributed by atoms with Gasteiger partial charge in [-0.1, -0.05) is 50.7 Å². The molecule has 4 aromatic rings.